The van der Waals surface area contributed by atoms with Crippen LogP contribution in [0.4, 0.5) is 0 Å². The Balaban J connectivity index is 1.53. The summed E-state index contributed by atoms with van der Waals surface area (Å²) in [4.78, 5) is 12.2. The number of carbonyl (C=O) groups is 1. The average molecular weight is 396 g/mol. The first kappa shape index (κ1) is 19.7. The molecule has 1 N–H and O–H groups in total. The van der Waals surface area contributed by atoms with Crippen molar-refractivity contribution in [3.63, 3.8) is 0 Å². The number of fused-ring (bicyclic) bond motifs is 1. The van der Waals surface area contributed by atoms with Gasteiger partial charge in [0.25, 0.3) is 0 Å². The Morgan fingerprint density at radius 3 is 2.67 bits per heavy atom. The summed E-state index contributed by atoms with van der Waals surface area (Å²) in [5.41, 5.74) is 0.279. The molecule has 0 atom stereocenters. The van der Waals surface area contributed by atoms with Crippen LogP contribution in [0.25, 0.3) is 6.08 Å². The van der Waals surface area contributed by atoms with Gasteiger partial charge in [-0.1, -0.05) is 6.07 Å². The summed E-state index contributed by atoms with van der Waals surface area (Å²) >= 11 is 0. The maximum absolute atomic E-state index is 12.2. The van der Waals surface area contributed by atoms with E-state index < -0.39 is 15.6 Å². The van der Waals surface area contributed by atoms with Gasteiger partial charge < -0.3 is 19.5 Å². The zero-order valence-electron chi connectivity index (χ0n) is 15.4. The van der Waals surface area contributed by atoms with E-state index in [-0.39, 0.29) is 12.7 Å². The molecule has 0 radical (unpaired) electrons. The molecular weight excluding hydrogens is 372 g/mol. The number of piperidine rings is 1. The monoisotopic (exact) mass is 396 g/mol. The van der Waals surface area contributed by atoms with Crippen LogP contribution in [0.15, 0.2) is 24.3 Å². The number of ether oxygens (including phenoxy) is 3. The van der Waals surface area contributed by atoms with Gasteiger partial charge in [0, 0.05) is 32.8 Å². The molecule has 27 heavy (non-hydrogen) atoms. The summed E-state index contributed by atoms with van der Waals surface area (Å²) in [6.07, 6.45) is 5.41. The second kappa shape index (κ2) is 7.87. The van der Waals surface area contributed by atoms with E-state index in [2.05, 4.69) is 5.32 Å². The number of sulfonamides is 1. The van der Waals surface area contributed by atoms with Gasteiger partial charge in [-0.2, -0.15) is 0 Å². The molecule has 0 unspecified atom stereocenters. The first-order valence-corrected chi connectivity index (χ1v) is 10.5. The van der Waals surface area contributed by atoms with Crippen molar-refractivity contribution in [2.75, 3.05) is 39.8 Å². The third-order valence-corrected chi connectivity index (χ3v) is 6.25. The molecule has 2 heterocycles. The van der Waals surface area contributed by atoms with Gasteiger partial charge in [-0.15, -0.1) is 0 Å². The molecule has 8 nitrogen and oxygen atoms in total. The van der Waals surface area contributed by atoms with Crippen molar-refractivity contribution < 1.29 is 27.4 Å². The third-order valence-electron chi connectivity index (χ3n) is 4.94. The minimum absolute atomic E-state index is 0.207. The van der Waals surface area contributed by atoms with Gasteiger partial charge in [0.15, 0.2) is 11.5 Å². The minimum Gasteiger partial charge on any atom is -0.454 e. The predicted octanol–water partition coefficient (Wildman–Crippen LogP) is 0.985. The second-order valence-electron chi connectivity index (χ2n) is 6.71. The first-order chi connectivity index (χ1) is 12.8. The van der Waals surface area contributed by atoms with E-state index in [0.717, 1.165) is 5.56 Å². The normalized spacial score (nSPS) is 19.3. The molecule has 9 heteroatoms. The molecule has 148 valence electrons. The summed E-state index contributed by atoms with van der Waals surface area (Å²) < 4.78 is 40.9. The van der Waals surface area contributed by atoms with Crippen LogP contribution in [-0.4, -0.2) is 64.0 Å². The van der Waals surface area contributed by atoms with Crippen LogP contribution in [0.2, 0.25) is 0 Å². The summed E-state index contributed by atoms with van der Waals surface area (Å²) in [6.45, 7) is 1.30. The van der Waals surface area contributed by atoms with Crippen molar-refractivity contribution in [1.29, 1.82) is 0 Å². The third kappa shape index (κ3) is 4.79. The maximum Gasteiger partial charge on any atom is 0.244 e. The van der Waals surface area contributed by atoms with Gasteiger partial charge in [-0.3, -0.25) is 4.79 Å². The highest BCUT2D eigenvalue weighted by molar-refractivity contribution is 7.88. The molecule has 1 amide bonds. The van der Waals surface area contributed by atoms with Gasteiger partial charge >= 0.3 is 0 Å². The Morgan fingerprint density at radius 2 is 2.00 bits per heavy atom. The number of hydrogen-bond acceptors (Lipinski definition) is 6. The lowest BCUT2D eigenvalue weighted by molar-refractivity contribution is -0.118. The van der Waals surface area contributed by atoms with Crippen LogP contribution in [-0.2, 0) is 19.6 Å². The summed E-state index contributed by atoms with van der Waals surface area (Å²) in [7, 11) is -1.61. The van der Waals surface area contributed by atoms with Gasteiger partial charge in [0.2, 0.25) is 22.7 Å². The number of hydrogen-bond donors (Lipinski definition) is 1. The van der Waals surface area contributed by atoms with Crippen LogP contribution in [0.3, 0.4) is 0 Å². The highest BCUT2D eigenvalue weighted by atomic mass is 32.2. The SMILES string of the molecule is COC1(CNC(=O)C=Cc2ccc3c(c2)OCO3)CCN(S(C)(=O)=O)CC1. The topological polar surface area (TPSA) is 94.2 Å². The average Bonchev–Trinajstić information content (AvgIpc) is 3.12. The zero-order valence-corrected chi connectivity index (χ0v) is 16.3. The Hall–Kier alpha value is -2.10. The highest BCUT2D eigenvalue weighted by Gasteiger charge is 2.37. The Morgan fingerprint density at radius 1 is 1.30 bits per heavy atom. The number of carbonyl (C=O) groups excluding carboxylic acids is 1. The molecule has 1 fully saturated rings. The number of amides is 1. The minimum atomic E-state index is -3.20. The van der Waals surface area contributed by atoms with Crippen molar-refractivity contribution in [2.45, 2.75) is 18.4 Å². The van der Waals surface area contributed by atoms with Crippen molar-refractivity contribution >= 4 is 22.0 Å². The molecule has 3 rings (SSSR count). The molecule has 0 bridgehead atoms. The molecule has 0 spiro atoms. The molecule has 1 aromatic rings. The lowest BCUT2D eigenvalue weighted by Crippen LogP contribution is -2.52. The van der Waals surface area contributed by atoms with Crippen molar-refractivity contribution in [2.24, 2.45) is 0 Å². The van der Waals surface area contributed by atoms with Crippen LogP contribution in [0.5, 0.6) is 11.5 Å². The molecule has 2 aliphatic rings. The fourth-order valence-corrected chi connectivity index (χ4v) is 4.02. The summed E-state index contributed by atoms with van der Waals surface area (Å²) in [5, 5.41) is 2.85. The number of methoxy groups -OCH3 is 1. The van der Waals surface area contributed by atoms with Gasteiger partial charge in [-0.25, -0.2) is 12.7 Å². The van der Waals surface area contributed by atoms with E-state index in [9.17, 15) is 13.2 Å². The molecule has 2 aliphatic heterocycles. The summed E-state index contributed by atoms with van der Waals surface area (Å²) in [5.74, 6) is 1.11. The van der Waals surface area contributed by atoms with Gasteiger partial charge in [0.05, 0.1) is 11.9 Å². The standard InChI is InChI=1S/C18H24N2O6S/c1-24-18(7-9-20(10-8-18)27(2,22)23)12-19-17(21)6-4-14-3-5-15-16(11-14)26-13-25-15/h3-6,11H,7-10,12-13H2,1-2H3,(H,19,21). The van der Waals surface area contributed by atoms with Crippen molar-refractivity contribution in [3.8, 4) is 11.5 Å². The van der Waals surface area contributed by atoms with E-state index >= 15 is 0 Å². The number of nitrogens with zero attached hydrogens (tertiary/aromatic N) is 1. The zero-order chi connectivity index (χ0) is 19.5. The second-order valence-corrected chi connectivity index (χ2v) is 8.70. The predicted molar refractivity (Wildman–Crippen MR) is 100.0 cm³/mol. The number of nitrogens with one attached hydrogen (secondary N) is 1. The molecule has 1 saturated heterocycles. The van der Waals surface area contributed by atoms with E-state index in [1.165, 1.54) is 16.6 Å². The lowest BCUT2D eigenvalue weighted by atomic mass is 9.92. The van der Waals surface area contributed by atoms with Crippen molar-refractivity contribution in [1.82, 2.24) is 9.62 Å². The Kier molecular flexibility index (Phi) is 5.73. The quantitative estimate of drug-likeness (QED) is 0.721. The Bertz CT molecular complexity index is 828. The molecule has 0 aromatic heterocycles. The van der Waals surface area contributed by atoms with Crippen LogP contribution >= 0.6 is 0 Å². The Labute approximate surface area is 159 Å². The van der Waals surface area contributed by atoms with E-state index in [1.54, 1.807) is 19.3 Å². The molecule has 1 aromatic carbocycles. The molecule has 0 saturated carbocycles. The van der Waals surface area contributed by atoms with Gasteiger partial charge in [0.1, 0.15) is 0 Å². The number of benzene rings is 1. The van der Waals surface area contributed by atoms with Crippen LogP contribution < -0.4 is 14.8 Å². The maximum atomic E-state index is 12.2. The van der Waals surface area contributed by atoms with E-state index in [1.807, 2.05) is 12.1 Å². The van der Waals surface area contributed by atoms with Crippen LogP contribution in [0, 0.1) is 0 Å². The largest absolute Gasteiger partial charge is 0.454 e. The fourth-order valence-electron chi connectivity index (χ4n) is 3.17. The molecule has 0 aliphatic carbocycles. The lowest BCUT2D eigenvalue weighted by Gasteiger charge is -2.39. The van der Waals surface area contributed by atoms with Crippen LogP contribution in [0.1, 0.15) is 18.4 Å². The van der Waals surface area contributed by atoms with E-state index in [4.69, 9.17) is 14.2 Å². The first-order valence-electron chi connectivity index (χ1n) is 8.67. The fraction of sp³-hybridized carbons (Fsp3) is 0.500. The van der Waals surface area contributed by atoms with E-state index in [0.29, 0.717) is 44.0 Å². The highest BCUT2D eigenvalue weighted by Crippen LogP contribution is 2.32. The molecular formula is C18H24N2O6S. The number of rotatable bonds is 6. The smallest absolute Gasteiger partial charge is 0.244 e. The summed E-state index contributed by atoms with van der Waals surface area (Å²) in [6, 6.07) is 5.45. The van der Waals surface area contributed by atoms with Gasteiger partial charge in [-0.05, 0) is 36.6 Å². The van der Waals surface area contributed by atoms with Crippen molar-refractivity contribution in [3.05, 3.63) is 29.8 Å².